The first-order chi connectivity index (χ1) is 13.8. The molecular formula is C21H22N4O4. The summed E-state index contributed by atoms with van der Waals surface area (Å²) in [6, 6.07) is 14.5. The normalized spacial score (nSPS) is 19.1. The Morgan fingerprint density at radius 2 is 1.79 bits per heavy atom. The van der Waals surface area contributed by atoms with Crippen molar-refractivity contribution in [1.29, 1.82) is 0 Å². The number of urea groups is 1. The molecule has 1 aliphatic heterocycles. The molecule has 3 rings (SSSR count). The largest absolute Gasteiger partial charge is 0.349 e. The Morgan fingerprint density at radius 3 is 2.45 bits per heavy atom. The monoisotopic (exact) mass is 394 g/mol. The van der Waals surface area contributed by atoms with Crippen molar-refractivity contribution in [1.82, 2.24) is 16.0 Å². The van der Waals surface area contributed by atoms with Crippen LogP contribution in [0.1, 0.15) is 36.2 Å². The number of hydrogen-bond donors (Lipinski definition) is 4. The second-order valence-electron chi connectivity index (χ2n) is 7.11. The highest BCUT2D eigenvalue weighted by atomic mass is 16.2. The minimum Gasteiger partial charge on any atom is -0.349 e. The third-order valence-electron chi connectivity index (χ3n) is 4.67. The van der Waals surface area contributed by atoms with Crippen molar-refractivity contribution in [3.8, 4) is 0 Å². The van der Waals surface area contributed by atoms with Crippen molar-refractivity contribution in [3.05, 3.63) is 65.7 Å². The van der Waals surface area contributed by atoms with Gasteiger partial charge >= 0.3 is 6.03 Å². The molecule has 1 heterocycles. The van der Waals surface area contributed by atoms with Crippen molar-refractivity contribution in [2.45, 2.75) is 31.8 Å². The second-order valence-corrected chi connectivity index (χ2v) is 7.11. The van der Waals surface area contributed by atoms with Crippen molar-refractivity contribution in [3.63, 3.8) is 0 Å². The Labute approximate surface area is 168 Å². The van der Waals surface area contributed by atoms with Crippen LogP contribution >= 0.6 is 0 Å². The van der Waals surface area contributed by atoms with Gasteiger partial charge in [0.1, 0.15) is 5.54 Å². The fraction of sp³-hybridized carbons (Fsp3) is 0.238. The fourth-order valence-corrected chi connectivity index (χ4v) is 3.09. The second kappa shape index (κ2) is 8.14. The molecule has 2 aromatic carbocycles. The molecule has 2 aromatic rings. The number of imide groups is 1. The van der Waals surface area contributed by atoms with Gasteiger partial charge in [-0.1, -0.05) is 30.3 Å². The number of rotatable bonds is 6. The average molecular weight is 394 g/mol. The van der Waals surface area contributed by atoms with Gasteiger partial charge in [0.2, 0.25) is 5.91 Å². The van der Waals surface area contributed by atoms with Gasteiger partial charge in [0.05, 0.1) is 0 Å². The van der Waals surface area contributed by atoms with Crippen LogP contribution in [0.5, 0.6) is 0 Å². The van der Waals surface area contributed by atoms with Gasteiger partial charge in [-0.15, -0.1) is 0 Å². The van der Waals surface area contributed by atoms with Crippen molar-refractivity contribution >= 4 is 29.4 Å². The van der Waals surface area contributed by atoms with Crippen LogP contribution in [0.3, 0.4) is 0 Å². The lowest BCUT2D eigenvalue weighted by atomic mass is 9.92. The van der Waals surface area contributed by atoms with Crippen molar-refractivity contribution in [2.75, 3.05) is 5.32 Å². The molecule has 0 spiro atoms. The number of amides is 5. The highest BCUT2D eigenvalue weighted by Crippen LogP contribution is 2.26. The van der Waals surface area contributed by atoms with Gasteiger partial charge < -0.3 is 16.0 Å². The Bertz CT molecular complexity index is 960. The number of anilines is 1. The van der Waals surface area contributed by atoms with E-state index in [4.69, 9.17) is 0 Å². The first-order valence-electron chi connectivity index (χ1n) is 9.18. The molecule has 0 aromatic heterocycles. The van der Waals surface area contributed by atoms with E-state index in [-0.39, 0.29) is 24.3 Å². The van der Waals surface area contributed by atoms with Crippen molar-refractivity contribution < 1.29 is 19.2 Å². The van der Waals surface area contributed by atoms with Crippen LogP contribution in [0.15, 0.2) is 54.6 Å². The van der Waals surface area contributed by atoms with Gasteiger partial charge in [-0.2, -0.15) is 0 Å². The minimum atomic E-state index is -1.20. The van der Waals surface area contributed by atoms with Gasteiger partial charge in [-0.25, -0.2) is 4.79 Å². The minimum absolute atomic E-state index is 0.0806. The van der Waals surface area contributed by atoms with E-state index in [2.05, 4.69) is 21.3 Å². The number of carbonyl (C=O) groups excluding carboxylic acids is 4. The molecule has 1 fully saturated rings. The van der Waals surface area contributed by atoms with E-state index in [9.17, 15) is 19.2 Å². The lowest BCUT2D eigenvalue weighted by molar-refractivity contribution is -0.123. The number of hydrogen-bond acceptors (Lipinski definition) is 4. The predicted molar refractivity (Wildman–Crippen MR) is 107 cm³/mol. The smallest absolute Gasteiger partial charge is 0.322 e. The number of nitrogens with one attached hydrogen (secondary N) is 4. The average Bonchev–Trinajstić information content (AvgIpc) is 2.95. The topological polar surface area (TPSA) is 116 Å². The SMILES string of the molecule is CC(CC(=O)Nc1cccc(C2(C)NC(=O)NC2=O)c1)NC(=O)c1ccccc1. The fourth-order valence-electron chi connectivity index (χ4n) is 3.09. The molecule has 150 valence electrons. The van der Waals surface area contributed by atoms with E-state index in [1.54, 1.807) is 62.4 Å². The Kier molecular flexibility index (Phi) is 5.63. The Hall–Kier alpha value is -3.68. The summed E-state index contributed by atoms with van der Waals surface area (Å²) in [5.74, 6) is -0.986. The molecule has 1 saturated heterocycles. The highest BCUT2D eigenvalue weighted by molar-refractivity contribution is 6.07. The molecule has 5 amide bonds. The quantitative estimate of drug-likeness (QED) is 0.560. The summed E-state index contributed by atoms with van der Waals surface area (Å²) in [5.41, 5.74) is 0.361. The van der Waals surface area contributed by atoms with Crippen LogP contribution in [0.2, 0.25) is 0 Å². The molecule has 29 heavy (non-hydrogen) atoms. The molecule has 0 radical (unpaired) electrons. The number of benzene rings is 2. The first kappa shape index (κ1) is 20.1. The maximum Gasteiger partial charge on any atom is 0.322 e. The molecule has 0 bridgehead atoms. The predicted octanol–water partition coefficient (Wildman–Crippen LogP) is 1.89. The number of carbonyl (C=O) groups is 4. The summed E-state index contributed by atoms with van der Waals surface area (Å²) < 4.78 is 0. The standard InChI is InChI=1S/C21H22N4O4/c1-13(22-18(27)14-7-4-3-5-8-14)11-17(26)23-16-10-6-9-15(12-16)21(2)19(28)24-20(29)25-21/h3-10,12-13H,11H2,1-2H3,(H,22,27)(H,23,26)(H2,24,25,28,29). The third-order valence-corrected chi connectivity index (χ3v) is 4.67. The van der Waals surface area contributed by atoms with Crippen molar-refractivity contribution in [2.24, 2.45) is 0 Å². The van der Waals surface area contributed by atoms with E-state index >= 15 is 0 Å². The summed E-state index contributed by atoms with van der Waals surface area (Å²) in [4.78, 5) is 48.1. The van der Waals surface area contributed by atoms with Gasteiger partial charge in [-0.05, 0) is 43.7 Å². The molecular weight excluding hydrogens is 372 g/mol. The zero-order valence-corrected chi connectivity index (χ0v) is 16.1. The molecule has 2 atom stereocenters. The van der Waals surface area contributed by atoms with Gasteiger partial charge in [-0.3, -0.25) is 19.7 Å². The van der Waals surface area contributed by atoms with Crippen LogP contribution in [0, 0.1) is 0 Å². The molecule has 0 saturated carbocycles. The zero-order chi connectivity index (χ0) is 21.0. The summed E-state index contributed by atoms with van der Waals surface area (Å²) in [7, 11) is 0. The summed E-state index contributed by atoms with van der Waals surface area (Å²) in [6.07, 6.45) is 0.0806. The lowest BCUT2D eigenvalue weighted by Crippen LogP contribution is -2.40. The molecule has 1 aliphatic rings. The van der Waals surface area contributed by atoms with Gasteiger partial charge in [0, 0.05) is 23.7 Å². The van der Waals surface area contributed by atoms with E-state index in [0.29, 0.717) is 16.8 Å². The van der Waals surface area contributed by atoms with E-state index < -0.39 is 17.5 Å². The highest BCUT2D eigenvalue weighted by Gasteiger charge is 2.43. The van der Waals surface area contributed by atoms with Crippen LogP contribution in [0.25, 0.3) is 0 Å². The zero-order valence-electron chi connectivity index (χ0n) is 16.1. The Balaban J connectivity index is 1.60. The molecule has 2 unspecified atom stereocenters. The summed E-state index contributed by atoms with van der Waals surface area (Å²) in [5, 5.41) is 10.3. The summed E-state index contributed by atoms with van der Waals surface area (Å²) in [6.45, 7) is 3.34. The van der Waals surface area contributed by atoms with Crippen LogP contribution in [-0.4, -0.2) is 29.8 Å². The van der Waals surface area contributed by atoms with E-state index in [1.807, 2.05) is 6.07 Å². The molecule has 8 heteroatoms. The molecule has 4 N–H and O–H groups in total. The van der Waals surface area contributed by atoms with Gasteiger partial charge in [0.15, 0.2) is 0 Å². The van der Waals surface area contributed by atoms with Gasteiger partial charge in [0.25, 0.3) is 11.8 Å². The third kappa shape index (κ3) is 4.60. The molecule has 0 aliphatic carbocycles. The lowest BCUT2D eigenvalue weighted by Gasteiger charge is -2.22. The van der Waals surface area contributed by atoms with E-state index in [0.717, 1.165) is 0 Å². The maximum atomic E-state index is 12.4. The Morgan fingerprint density at radius 1 is 1.07 bits per heavy atom. The van der Waals surface area contributed by atoms with Crippen LogP contribution in [-0.2, 0) is 15.1 Å². The first-order valence-corrected chi connectivity index (χ1v) is 9.18. The maximum absolute atomic E-state index is 12.4. The van der Waals surface area contributed by atoms with Crippen LogP contribution < -0.4 is 21.3 Å². The van der Waals surface area contributed by atoms with E-state index in [1.165, 1.54) is 0 Å². The summed E-state index contributed by atoms with van der Waals surface area (Å²) >= 11 is 0. The van der Waals surface area contributed by atoms with Crippen LogP contribution in [0.4, 0.5) is 10.5 Å². The molecule has 8 nitrogen and oxygen atoms in total.